The molecule has 168 valence electrons. The lowest BCUT2D eigenvalue weighted by molar-refractivity contribution is 0.0877. The molecule has 4 nitrogen and oxygen atoms in total. The quantitative estimate of drug-likeness (QED) is 0.333. The maximum Gasteiger partial charge on any atom is 0.231 e. The van der Waals surface area contributed by atoms with Crippen LogP contribution in [0.25, 0.3) is 6.08 Å². The zero-order valence-electron chi connectivity index (χ0n) is 17.4. The average molecular weight is 521 g/mol. The number of carbonyl (C=O) groups excluding carboxylic acids is 1. The van der Waals surface area contributed by atoms with Crippen molar-refractivity contribution < 1.29 is 14.3 Å². The number of fused-ring (bicyclic) bond motifs is 2. The Kier molecular flexibility index (Phi) is 6.06. The zero-order valence-corrected chi connectivity index (χ0v) is 20.4. The van der Waals surface area contributed by atoms with Crippen LogP contribution in [-0.4, -0.2) is 17.4 Å². The van der Waals surface area contributed by atoms with E-state index >= 15 is 0 Å². The zero-order chi connectivity index (χ0) is 23.3. The standard InChI is InChI=1S/C25H17Cl4NO3/c1-13-24-16(11-30(12-32-24)10-15-3-4-17(26)9-20(15)28)8-18-23(31)22(33-25(13)18)7-14-2-5-19(27)21(29)6-14/h2-9H,10-12H2,1H3/b22-7-. The van der Waals surface area contributed by atoms with Crippen molar-refractivity contribution in [3.05, 3.63) is 96.1 Å². The number of hydrogen-bond donors (Lipinski definition) is 0. The van der Waals surface area contributed by atoms with Gasteiger partial charge in [0.05, 0.1) is 15.6 Å². The van der Waals surface area contributed by atoms with E-state index < -0.39 is 0 Å². The summed E-state index contributed by atoms with van der Waals surface area (Å²) in [4.78, 5) is 15.2. The van der Waals surface area contributed by atoms with Gasteiger partial charge in [0.1, 0.15) is 18.2 Å². The van der Waals surface area contributed by atoms with Crippen LogP contribution in [0.5, 0.6) is 11.5 Å². The first-order valence-electron chi connectivity index (χ1n) is 10.1. The van der Waals surface area contributed by atoms with Gasteiger partial charge < -0.3 is 9.47 Å². The van der Waals surface area contributed by atoms with Crippen molar-refractivity contribution in [2.24, 2.45) is 0 Å². The second kappa shape index (κ2) is 8.86. The number of ether oxygens (including phenoxy) is 2. The summed E-state index contributed by atoms with van der Waals surface area (Å²) in [7, 11) is 0. The molecule has 0 amide bonds. The third-order valence-corrected chi connectivity index (χ3v) is 6.98. The smallest absolute Gasteiger partial charge is 0.231 e. The number of Topliss-reactive ketones (excluding diaryl/α,β-unsaturated/α-hetero) is 1. The molecule has 0 spiro atoms. The molecule has 33 heavy (non-hydrogen) atoms. The lowest BCUT2D eigenvalue weighted by atomic mass is 10.00. The van der Waals surface area contributed by atoms with Gasteiger partial charge in [0.25, 0.3) is 0 Å². The monoisotopic (exact) mass is 519 g/mol. The van der Waals surface area contributed by atoms with E-state index in [9.17, 15) is 4.79 Å². The van der Waals surface area contributed by atoms with Gasteiger partial charge in [-0.3, -0.25) is 9.69 Å². The first kappa shape index (κ1) is 22.6. The van der Waals surface area contributed by atoms with Crippen molar-refractivity contribution >= 4 is 58.3 Å². The fourth-order valence-corrected chi connectivity index (χ4v) is 4.82. The Morgan fingerprint density at radius 3 is 2.55 bits per heavy atom. The van der Waals surface area contributed by atoms with Crippen molar-refractivity contribution in [2.45, 2.75) is 20.0 Å². The molecule has 3 aromatic carbocycles. The third kappa shape index (κ3) is 4.34. The lowest BCUT2D eigenvalue weighted by Gasteiger charge is -2.30. The van der Waals surface area contributed by atoms with E-state index in [0.717, 1.165) is 28.0 Å². The van der Waals surface area contributed by atoms with Gasteiger partial charge >= 0.3 is 0 Å². The van der Waals surface area contributed by atoms with Crippen molar-refractivity contribution in [3.8, 4) is 11.5 Å². The van der Waals surface area contributed by atoms with Gasteiger partial charge in [-0.05, 0) is 54.5 Å². The van der Waals surface area contributed by atoms with E-state index in [1.807, 2.05) is 25.1 Å². The number of carbonyl (C=O) groups is 1. The molecule has 0 N–H and O–H groups in total. The van der Waals surface area contributed by atoms with Crippen molar-refractivity contribution in [2.75, 3.05) is 6.73 Å². The molecule has 2 aliphatic rings. The van der Waals surface area contributed by atoms with E-state index in [2.05, 4.69) is 4.90 Å². The third-order valence-electron chi connectivity index (χ3n) is 5.65. The number of halogens is 4. The summed E-state index contributed by atoms with van der Waals surface area (Å²) in [5, 5.41) is 2.07. The van der Waals surface area contributed by atoms with Crippen LogP contribution in [0.4, 0.5) is 0 Å². The molecule has 0 aromatic heterocycles. The second-order valence-corrected chi connectivity index (χ2v) is 9.63. The van der Waals surface area contributed by atoms with Crippen LogP contribution < -0.4 is 9.47 Å². The molecular weight excluding hydrogens is 504 g/mol. The van der Waals surface area contributed by atoms with Crippen molar-refractivity contribution in [3.63, 3.8) is 0 Å². The molecule has 0 bridgehead atoms. The number of nitrogens with zero attached hydrogens (tertiary/aromatic N) is 1. The molecule has 0 aliphatic carbocycles. The lowest BCUT2D eigenvalue weighted by Crippen LogP contribution is -2.32. The van der Waals surface area contributed by atoms with Gasteiger partial charge in [0, 0.05) is 34.3 Å². The summed E-state index contributed by atoms with van der Waals surface area (Å²) in [5.74, 6) is 1.33. The minimum Gasteiger partial charge on any atom is -0.477 e. The number of allylic oxidation sites excluding steroid dienone is 1. The summed E-state index contributed by atoms with van der Waals surface area (Å²) in [5.41, 5.74) is 3.93. The minimum absolute atomic E-state index is 0.181. The van der Waals surface area contributed by atoms with E-state index in [-0.39, 0.29) is 11.5 Å². The van der Waals surface area contributed by atoms with Gasteiger partial charge in [0.2, 0.25) is 5.78 Å². The van der Waals surface area contributed by atoms with E-state index in [1.165, 1.54) is 0 Å². The Bertz CT molecular complexity index is 1340. The van der Waals surface area contributed by atoms with Crippen LogP contribution in [0.15, 0.2) is 48.2 Å². The Morgan fingerprint density at radius 1 is 0.970 bits per heavy atom. The minimum atomic E-state index is -0.181. The normalized spacial score (nSPS) is 16.4. The summed E-state index contributed by atoms with van der Waals surface area (Å²) < 4.78 is 12.0. The van der Waals surface area contributed by atoms with Crippen LogP contribution in [0, 0.1) is 6.92 Å². The Hall–Kier alpha value is -2.21. The summed E-state index contributed by atoms with van der Waals surface area (Å²) in [6.07, 6.45) is 1.67. The number of hydrogen-bond acceptors (Lipinski definition) is 4. The van der Waals surface area contributed by atoms with Gasteiger partial charge in [-0.15, -0.1) is 0 Å². The van der Waals surface area contributed by atoms with E-state index in [1.54, 1.807) is 30.3 Å². The molecule has 3 aromatic rings. The van der Waals surface area contributed by atoms with Crippen molar-refractivity contribution in [1.82, 2.24) is 4.90 Å². The highest BCUT2D eigenvalue weighted by Gasteiger charge is 2.33. The topological polar surface area (TPSA) is 38.8 Å². The first-order chi connectivity index (χ1) is 15.8. The van der Waals surface area contributed by atoms with E-state index in [0.29, 0.717) is 51.2 Å². The molecule has 2 heterocycles. The fourth-order valence-electron chi connectivity index (χ4n) is 4.04. The highest BCUT2D eigenvalue weighted by atomic mass is 35.5. The molecule has 8 heteroatoms. The van der Waals surface area contributed by atoms with E-state index in [4.69, 9.17) is 55.9 Å². The maximum atomic E-state index is 13.1. The Balaban J connectivity index is 1.42. The predicted molar refractivity (Wildman–Crippen MR) is 132 cm³/mol. The fraction of sp³-hybridized carbons (Fsp3) is 0.160. The Morgan fingerprint density at radius 2 is 1.79 bits per heavy atom. The molecule has 0 fully saturated rings. The van der Waals surface area contributed by atoms with Crippen LogP contribution in [0.1, 0.15) is 32.6 Å². The average Bonchev–Trinajstić information content (AvgIpc) is 3.08. The van der Waals surface area contributed by atoms with Gasteiger partial charge in [-0.1, -0.05) is 58.5 Å². The second-order valence-electron chi connectivity index (χ2n) is 7.98. The molecule has 0 unspecified atom stereocenters. The molecule has 0 atom stereocenters. The predicted octanol–water partition coefficient (Wildman–Crippen LogP) is 7.58. The summed E-state index contributed by atoms with van der Waals surface area (Å²) in [6, 6.07) is 12.5. The Labute approximate surface area is 211 Å². The molecule has 0 saturated heterocycles. The number of benzene rings is 3. The largest absolute Gasteiger partial charge is 0.477 e. The molecule has 0 saturated carbocycles. The molecule has 2 aliphatic heterocycles. The van der Waals surface area contributed by atoms with Crippen LogP contribution in [-0.2, 0) is 13.1 Å². The van der Waals surface area contributed by atoms with Gasteiger partial charge in [0.15, 0.2) is 5.76 Å². The highest BCUT2D eigenvalue weighted by molar-refractivity contribution is 6.42. The van der Waals surface area contributed by atoms with Crippen LogP contribution >= 0.6 is 46.4 Å². The van der Waals surface area contributed by atoms with Crippen LogP contribution in [0.2, 0.25) is 20.1 Å². The number of ketones is 1. The highest BCUT2D eigenvalue weighted by Crippen LogP contribution is 2.43. The summed E-state index contributed by atoms with van der Waals surface area (Å²) >= 11 is 24.4. The molecule has 0 radical (unpaired) electrons. The molecular formula is C25H17Cl4NO3. The van der Waals surface area contributed by atoms with Crippen LogP contribution in [0.3, 0.4) is 0 Å². The van der Waals surface area contributed by atoms with Gasteiger partial charge in [-0.25, -0.2) is 0 Å². The molecule has 5 rings (SSSR count). The first-order valence-corrected chi connectivity index (χ1v) is 11.7. The van der Waals surface area contributed by atoms with Gasteiger partial charge in [-0.2, -0.15) is 0 Å². The summed E-state index contributed by atoms with van der Waals surface area (Å²) in [6.45, 7) is 3.50. The maximum absolute atomic E-state index is 13.1. The number of rotatable bonds is 3. The SMILES string of the molecule is Cc1c2c(cc3c1O/C(=C\c1ccc(Cl)c(Cl)c1)C3=O)CN(Cc1ccc(Cl)cc1Cl)CO2. The van der Waals surface area contributed by atoms with Crippen molar-refractivity contribution in [1.29, 1.82) is 0 Å².